The minimum atomic E-state index is -0.605. The van der Waals surface area contributed by atoms with Crippen molar-refractivity contribution >= 4 is 11.9 Å². The molecule has 0 aliphatic carbocycles. The first-order chi connectivity index (χ1) is 8.35. The Labute approximate surface area is 106 Å². The summed E-state index contributed by atoms with van der Waals surface area (Å²) in [6.45, 7) is 5.79. The van der Waals surface area contributed by atoms with Gasteiger partial charge in [0, 0.05) is 11.8 Å². The van der Waals surface area contributed by atoms with Crippen molar-refractivity contribution < 1.29 is 8.78 Å². The van der Waals surface area contributed by atoms with Gasteiger partial charge in [-0.2, -0.15) is 0 Å². The molecule has 1 aromatic rings. The van der Waals surface area contributed by atoms with Gasteiger partial charge >= 0.3 is 0 Å². The van der Waals surface area contributed by atoms with E-state index in [9.17, 15) is 8.78 Å². The van der Waals surface area contributed by atoms with Crippen LogP contribution in [0.15, 0.2) is 29.4 Å². The van der Waals surface area contributed by atoms with Gasteiger partial charge in [-0.15, -0.1) is 0 Å². The maximum absolute atomic E-state index is 14.1. The lowest BCUT2D eigenvalue weighted by molar-refractivity contribution is 0.391. The molecule has 0 aromatic heterocycles. The quantitative estimate of drug-likeness (QED) is 0.818. The second-order valence-electron chi connectivity index (χ2n) is 5.26. The first kappa shape index (κ1) is 14.4. The molecule has 4 heteroatoms. The van der Waals surface area contributed by atoms with Crippen LogP contribution in [0.3, 0.4) is 0 Å². The van der Waals surface area contributed by atoms with Crippen LogP contribution in [0.5, 0.6) is 0 Å². The lowest BCUT2D eigenvalue weighted by Crippen LogP contribution is -2.12. The summed E-state index contributed by atoms with van der Waals surface area (Å²) in [6, 6.07) is 2.56. The van der Waals surface area contributed by atoms with E-state index in [1.807, 2.05) is 20.8 Å². The maximum atomic E-state index is 14.1. The third kappa shape index (κ3) is 3.95. The summed E-state index contributed by atoms with van der Waals surface area (Å²) in [4.78, 5) is 3.89. The van der Waals surface area contributed by atoms with E-state index in [-0.39, 0.29) is 16.7 Å². The summed E-state index contributed by atoms with van der Waals surface area (Å²) in [6.07, 6.45) is 4.46. The molecule has 0 heterocycles. The number of halogens is 2. The maximum Gasteiger partial charge on any atom is 0.154 e. The zero-order chi connectivity index (χ0) is 13.8. The molecule has 0 atom stereocenters. The molecule has 0 spiro atoms. The monoisotopic (exact) mass is 252 g/mol. The van der Waals surface area contributed by atoms with Gasteiger partial charge in [0.25, 0.3) is 0 Å². The zero-order valence-electron chi connectivity index (χ0n) is 10.9. The SMILES string of the molecule is CC(C)(C)Cc1c(F)ccc(N=CC=CN)c1F. The Morgan fingerprint density at radius 2 is 1.94 bits per heavy atom. The summed E-state index contributed by atoms with van der Waals surface area (Å²) in [5.74, 6) is -1.14. The van der Waals surface area contributed by atoms with E-state index < -0.39 is 11.6 Å². The summed E-state index contributed by atoms with van der Waals surface area (Å²) in [7, 11) is 0. The van der Waals surface area contributed by atoms with Gasteiger partial charge in [-0.05, 0) is 36.2 Å². The summed E-state index contributed by atoms with van der Waals surface area (Å²) in [5.41, 5.74) is 5.15. The van der Waals surface area contributed by atoms with E-state index in [1.165, 1.54) is 30.6 Å². The van der Waals surface area contributed by atoms with Crippen molar-refractivity contribution in [1.29, 1.82) is 0 Å². The molecule has 2 nitrogen and oxygen atoms in total. The van der Waals surface area contributed by atoms with E-state index in [1.54, 1.807) is 0 Å². The van der Waals surface area contributed by atoms with Gasteiger partial charge in [0.15, 0.2) is 5.82 Å². The average Bonchev–Trinajstić information content (AvgIpc) is 2.26. The Bertz CT molecular complexity index is 471. The molecule has 0 unspecified atom stereocenters. The highest BCUT2D eigenvalue weighted by atomic mass is 19.1. The van der Waals surface area contributed by atoms with Gasteiger partial charge in [0.1, 0.15) is 5.82 Å². The van der Waals surface area contributed by atoms with Crippen LogP contribution in [0.25, 0.3) is 0 Å². The van der Waals surface area contributed by atoms with Crippen molar-refractivity contribution in [2.24, 2.45) is 16.1 Å². The molecule has 0 saturated carbocycles. The third-order valence-corrected chi connectivity index (χ3v) is 2.28. The molecule has 18 heavy (non-hydrogen) atoms. The standard InChI is InChI=1S/C14H18F2N2/c1-14(2,3)9-10-11(15)5-6-12(13(10)16)18-8-4-7-17/h4-8H,9,17H2,1-3H3. The van der Waals surface area contributed by atoms with E-state index in [0.29, 0.717) is 6.42 Å². The predicted molar refractivity (Wildman–Crippen MR) is 71.0 cm³/mol. The highest BCUT2D eigenvalue weighted by molar-refractivity contribution is 5.74. The predicted octanol–water partition coefficient (Wildman–Crippen LogP) is 3.73. The van der Waals surface area contributed by atoms with E-state index in [4.69, 9.17) is 5.73 Å². The molecule has 0 aliphatic heterocycles. The van der Waals surface area contributed by atoms with E-state index in [2.05, 4.69) is 4.99 Å². The molecule has 0 bridgehead atoms. The molecule has 98 valence electrons. The molecule has 2 N–H and O–H groups in total. The Hall–Kier alpha value is -1.71. The van der Waals surface area contributed by atoms with Gasteiger partial charge < -0.3 is 5.73 Å². The van der Waals surface area contributed by atoms with Crippen LogP contribution in [-0.2, 0) is 6.42 Å². The number of hydrogen-bond donors (Lipinski definition) is 1. The number of aliphatic imine (C=N–C) groups is 1. The highest BCUT2D eigenvalue weighted by Gasteiger charge is 2.19. The van der Waals surface area contributed by atoms with Crippen LogP contribution in [0.1, 0.15) is 26.3 Å². The molecular weight excluding hydrogens is 234 g/mol. The first-order valence-electron chi connectivity index (χ1n) is 5.73. The fourth-order valence-corrected chi connectivity index (χ4v) is 1.55. The van der Waals surface area contributed by atoms with Gasteiger partial charge in [0.05, 0.1) is 5.69 Å². The van der Waals surface area contributed by atoms with Crippen molar-refractivity contribution in [2.45, 2.75) is 27.2 Å². The van der Waals surface area contributed by atoms with Crippen LogP contribution in [-0.4, -0.2) is 6.21 Å². The molecule has 0 saturated heterocycles. The number of hydrogen-bond acceptors (Lipinski definition) is 2. The van der Waals surface area contributed by atoms with Crippen molar-refractivity contribution in [3.05, 3.63) is 41.6 Å². The van der Waals surface area contributed by atoms with Crippen LogP contribution in [0.4, 0.5) is 14.5 Å². The summed E-state index contributed by atoms with van der Waals surface area (Å²) < 4.78 is 27.7. The Morgan fingerprint density at radius 3 is 2.50 bits per heavy atom. The molecule has 0 fully saturated rings. The highest BCUT2D eigenvalue weighted by Crippen LogP contribution is 2.29. The summed E-state index contributed by atoms with van der Waals surface area (Å²) in [5, 5.41) is 0. The lowest BCUT2D eigenvalue weighted by Gasteiger charge is -2.19. The van der Waals surface area contributed by atoms with Crippen LogP contribution < -0.4 is 5.73 Å². The summed E-state index contributed by atoms with van der Waals surface area (Å²) >= 11 is 0. The Balaban J connectivity index is 3.14. The molecule has 0 aliphatic rings. The molecule has 1 aromatic carbocycles. The van der Waals surface area contributed by atoms with Crippen molar-refractivity contribution in [3.8, 4) is 0 Å². The van der Waals surface area contributed by atoms with Crippen molar-refractivity contribution in [1.82, 2.24) is 0 Å². The molecule has 0 radical (unpaired) electrons. The number of nitrogens with two attached hydrogens (primary N) is 1. The van der Waals surface area contributed by atoms with Crippen LogP contribution in [0.2, 0.25) is 0 Å². The minimum absolute atomic E-state index is 0.0777. The van der Waals surface area contributed by atoms with Crippen molar-refractivity contribution in [3.63, 3.8) is 0 Å². The third-order valence-electron chi connectivity index (χ3n) is 2.28. The topological polar surface area (TPSA) is 38.4 Å². The fourth-order valence-electron chi connectivity index (χ4n) is 1.55. The normalized spacial score (nSPS) is 12.7. The fraction of sp³-hybridized carbons (Fsp3) is 0.357. The van der Waals surface area contributed by atoms with Gasteiger partial charge in [-0.25, -0.2) is 8.78 Å². The molecular formula is C14H18F2N2. The molecule has 1 rings (SSSR count). The minimum Gasteiger partial charge on any atom is -0.405 e. The smallest absolute Gasteiger partial charge is 0.154 e. The van der Waals surface area contributed by atoms with Crippen molar-refractivity contribution in [2.75, 3.05) is 0 Å². The zero-order valence-corrected chi connectivity index (χ0v) is 10.9. The van der Waals surface area contributed by atoms with E-state index >= 15 is 0 Å². The van der Waals surface area contributed by atoms with Gasteiger partial charge in [-0.1, -0.05) is 20.8 Å². The second kappa shape index (κ2) is 5.76. The van der Waals surface area contributed by atoms with Crippen LogP contribution >= 0.6 is 0 Å². The largest absolute Gasteiger partial charge is 0.405 e. The Kier molecular flexibility index (Phi) is 4.59. The first-order valence-corrected chi connectivity index (χ1v) is 5.73. The second-order valence-corrected chi connectivity index (χ2v) is 5.26. The van der Waals surface area contributed by atoms with Crippen LogP contribution in [0, 0.1) is 17.0 Å². The average molecular weight is 252 g/mol. The number of benzene rings is 1. The van der Waals surface area contributed by atoms with Gasteiger partial charge in [0.2, 0.25) is 0 Å². The number of nitrogens with zero attached hydrogens (tertiary/aromatic N) is 1. The number of rotatable bonds is 3. The lowest BCUT2D eigenvalue weighted by atomic mass is 9.87. The molecule has 0 amide bonds. The van der Waals surface area contributed by atoms with Gasteiger partial charge in [-0.3, -0.25) is 4.99 Å². The Morgan fingerprint density at radius 1 is 1.28 bits per heavy atom. The van der Waals surface area contributed by atoms with E-state index in [0.717, 1.165) is 0 Å². The number of allylic oxidation sites excluding steroid dienone is 1.